The van der Waals surface area contributed by atoms with E-state index in [0.717, 1.165) is 5.69 Å². The summed E-state index contributed by atoms with van der Waals surface area (Å²) in [4.78, 5) is 20.5. The molecule has 0 atom stereocenters. The molecule has 6 heteroatoms. The molecule has 0 aliphatic heterocycles. The van der Waals surface area contributed by atoms with Gasteiger partial charge in [0.05, 0.1) is 14.2 Å². The van der Waals surface area contributed by atoms with Gasteiger partial charge in [0.25, 0.3) is 5.91 Å². The summed E-state index contributed by atoms with van der Waals surface area (Å²) in [7, 11) is 3.10. The Balaban J connectivity index is 2.23. The standard InChI is InChI=1S/C15H17N3O3/c1-9-7-12(17-10(2)16-9)15(19)18-11-5-6-13(20-3)14(8-11)21-4/h5-8H,1-4H3,(H,18,19). The SMILES string of the molecule is COc1ccc(NC(=O)c2cc(C)nc(C)n2)cc1OC. The Hall–Kier alpha value is -2.63. The summed E-state index contributed by atoms with van der Waals surface area (Å²) >= 11 is 0. The molecule has 0 bridgehead atoms. The molecule has 6 nitrogen and oxygen atoms in total. The van der Waals surface area contributed by atoms with Crippen LogP contribution in [0.5, 0.6) is 11.5 Å². The van der Waals surface area contributed by atoms with E-state index in [1.54, 1.807) is 45.4 Å². The zero-order valence-electron chi connectivity index (χ0n) is 12.4. The molecule has 0 radical (unpaired) electrons. The van der Waals surface area contributed by atoms with E-state index in [1.165, 1.54) is 0 Å². The van der Waals surface area contributed by atoms with E-state index in [1.807, 2.05) is 6.92 Å². The van der Waals surface area contributed by atoms with Gasteiger partial charge >= 0.3 is 0 Å². The minimum Gasteiger partial charge on any atom is -0.493 e. The van der Waals surface area contributed by atoms with Crippen molar-refractivity contribution >= 4 is 11.6 Å². The number of methoxy groups -OCH3 is 2. The summed E-state index contributed by atoms with van der Waals surface area (Å²) in [6.07, 6.45) is 0. The summed E-state index contributed by atoms with van der Waals surface area (Å²) in [6, 6.07) is 6.80. The lowest BCUT2D eigenvalue weighted by molar-refractivity contribution is 0.102. The molecule has 1 aromatic carbocycles. The van der Waals surface area contributed by atoms with E-state index in [2.05, 4.69) is 15.3 Å². The van der Waals surface area contributed by atoms with Crippen LogP contribution in [-0.4, -0.2) is 30.1 Å². The van der Waals surface area contributed by atoms with Crippen LogP contribution < -0.4 is 14.8 Å². The zero-order valence-corrected chi connectivity index (χ0v) is 12.4. The molecule has 0 aliphatic carbocycles. The number of amides is 1. The fourth-order valence-electron chi connectivity index (χ4n) is 1.94. The fourth-order valence-corrected chi connectivity index (χ4v) is 1.94. The third-order valence-electron chi connectivity index (χ3n) is 2.84. The van der Waals surface area contributed by atoms with Crippen molar-refractivity contribution in [2.45, 2.75) is 13.8 Å². The first-order chi connectivity index (χ1) is 10.0. The van der Waals surface area contributed by atoms with Crippen molar-refractivity contribution in [2.24, 2.45) is 0 Å². The Morgan fingerprint density at radius 3 is 2.38 bits per heavy atom. The lowest BCUT2D eigenvalue weighted by Gasteiger charge is -2.10. The van der Waals surface area contributed by atoms with E-state index in [4.69, 9.17) is 9.47 Å². The second-order valence-corrected chi connectivity index (χ2v) is 4.47. The summed E-state index contributed by atoms with van der Waals surface area (Å²) in [5.74, 6) is 1.41. The van der Waals surface area contributed by atoms with Crippen molar-refractivity contribution in [3.05, 3.63) is 41.5 Å². The molecular formula is C15H17N3O3. The van der Waals surface area contributed by atoms with E-state index in [-0.39, 0.29) is 5.91 Å². The van der Waals surface area contributed by atoms with Gasteiger partial charge in [0.15, 0.2) is 11.5 Å². The number of carbonyl (C=O) groups excluding carboxylic acids is 1. The van der Waals surface area contributed by atoms with Gasteiger partial charge in [-0.3, -0.25) is 4.79 Å². The van der Waals surface area contributed by atoms with Crippen LogP contribution in [0, 0.1) is 13.8 Å². The minimum atomic E-state index is -0.296. The quantitative estimate of drug-likeness (QED) is 0.934. The third-order valence-corrected chi connectivity index (χ3v) is 2.84. The summed E-state index contributed by atoms with van der Waals surface area (Å²) in [5.41, 5.74) is 1.68. The molecular weight excluding hydrogens is 270 g/mol. The number of hydrogen-bond acceptors (Lipinski definition) is 5. The molecule has 1 amide bonds. The van der Waals surface area contributed by atoms with Crippen molar-refractivity contribution in [3.63, 3.8) is 0 Å². The average molecular weight is 287 g/mol. The maximum atomic E-state index is 12.2. The Kier molecular flexibility index (Phi) is 4.37. The number of rotatable bonds is 4. The number of hydrogen-bond donors (Lipinski definition) is 1. The smallest absolute Gasteiger partial charge is 0.274 e. The Morgan fingerprint density at radius 2 is 1.76 bits per heavy atom. The van der Waals surface area contributed by atoms with Crippen LogP contribution in [0.4, 0.5) is 5.69 Å². The molecule has 0 saturated heterocycles. The number of carbonyl (C=O) groups is 1. The van der Waals surface area contributed by atoms with Crippen LogP contribution in [-0.2, 0) is 0 Å². The molecule has 0 unspecified atom stereocenters. The molecule has 0 aliphatic rings. The second kappa shape index (κ2) is 6.21. The van der Waals surface area contributed by atoms with Crippen molar-refractivity contribution in [2.75, 3.05) is 19.5 Å². The topological polar surface area (TPSA) is 73.3 Å². The maximum absolute atomic E-state index is 12.2. The molecule has 2 aromatic rings. The maximum Gasteiger partial charge on any atom is 0.274 e. The fraction of sp³-hybridized carbons (Fsp3) is 0.267. The second-order valence-electron chi connectivity index (χ2n) is 4.47. The number of nitrogens with zero attached hydrogens (tertiary/aromatic N) is 2. The van der Waals surface area contributed by atoms with E-state index in [9.17, 15) is 4.79 Å². The minimum absolute atomic E-state index is 0.296. The molecule has 110 valence electrons. The highest BCUT2D eigenvalue weighted by atomic mass is 16.5. The van der Waals surface area contributed by atoms with Crippen LogP contribution in [0.2, 0.25) is 0 Å². The molecule has 1 N–H and O–H groups in total. The lowest BCUT2D eigenvalue weighted by atomic mass is 10.2. The van der Waals surface area contributed by atoms with Gasteiger partial charge in [0.2, 0.25) is 0 Å². The number of nitrogens with one attached hydrogen (secondary N) is 1. The highest BCUT2D eigenvalue weighted by Crippen LogP contribution is 2.29. The lowest BCUT2D eigenvalue weighted by Crippen LogP contribution is -2.15. The zero-order chi connectivity index (χ0) is 15.4. The summed E-state index contributed by atoms with van der Waals surface area (Å²) in [5, 5.41) is 2.77. The highest BCUT2D eigenvalue weighted by Gasteiger charge is 2.11. The van der Waals surface area contributed by atoms with E-state index < -0.39 is 0 Å². The van der Waals surface area contributed by atoms with Crippen LogP contribution in [0.3, 0.4) is 0 Å². The van der Waals surface area contributed by atoms with Gasteiger partial charge in [-0.2, -0.15) is 0 Å². The predicted octanol–water partition coefficient (Wildman–Crippen LogP) is 2.36. The first-order valence-corrected chi connectivity index (χ1v) is 6.39. The molecule has 1 heterocycles. The van der Waals surface area contributed by atoms with Gasteiger partial charge in [0, 0.05) is 17.4 Å². The first-order valence-electron chi connectivity index (χ1n) is 6.39. The van der Waals surface area contributed by atoms with E-state index in [0.29, 0.717) is 28.7 Å². The Morgan fingerprint density at radius 1 is 1.05 bits per heavy atom. The number of anilines is 1. The monoisotopic (exact) mass is 287 g/mol. The molecule has 21 heavy (non-hydrogen) atoms. The largest absolute Gasteiger partial charge is 0.493 e. The first kappa shape index (κ1) is 14.8. The van der Waals surface area contributed by atoms with E-state index >= 15 is 0 Å². The van der Waals surface area contributed by atoms with Gasteiger partial charge in [0.1, 0.15) is 11.5 Å². The van der Waals surface area contributed by atoms with Crippen LogP contribution in [0.25, 0.3) is 0 Å². The van der Waals surface area contributed by atoms with Crippen molar-refractivity contribution in [1.29, 1.82) is 0 Å². The summed E-state index contributed by atoms with van der Waals surface area (Å²) < 4.78 is 10.4. The van der Waals surface area contributed by atoms with Gasteiger partial charge in [-0.1, -0.05) is 0 Å². The van der Waals surface area contributed by atoms with Gasteiger partial charge in [-0.15, -0.1) is 0 Å². The van der Waals surface area contributed by atoms with Gasteiger partial charge in [-0.25, -0.2) is 9.97 Å². The van der Waals surface area contributed by atoms with Gasteiger partial charge < -0.3 is 14.8 Å². The molecule has 0 spiro atoms. The van der Waals surface area contributed by atoms with Crippen molar-refractivity contribution in [3.8, 4) is 11.5 Å². The molecule has 0 fully saturated rings. The Labute approximate surface area is 123 Å². The van der Waals surface area contributed by atoms with Crippen LogP contribution >= 0.6 is 0 Å². The molecule has 0 saturated carbocycles. The van der Waals surface area contributed by atoms with Crippen LogP contribution in [0.15, 0.2) is 24.3 Å². The van der Waals surface area contributed by atoms with Crippen LogP contribution in [0.1, 0.15) is 22.0 Å². The number of aromatic nitrogens is 2. The molecule has 1 aromatic heterocycles. The van der Waals surface area contributed by atoms with Crippen molar-refractivity contribution < 1.29 is 14.3 Å². The average Bonchev–Trinajstić information content (AvgIpc) is 2.46. The third kappa shape index (κ3) is 3.47. The number of aryl methyl sites for hydroxylation is 2. The highest BCUT2D eigenvalue weighted by molar-refractivity contribution is 6.03. The molecule has 2 rings (SSSR count). The number of benzene rings is 1. The number of ether oxygens (including phenoxy) is 2. The Bertz CT molecular complexity index is 651. The van der Waals surface area contributed by atoms with Crippen molar-refractivity contribution in [1.82, 2.24) is 9.97 Å². The van der Waals surface area contributed by atoms with Gasteiger partial charge in [-0.05, 0) is 32.0 Å². The normalized spacial score (nSPS) is 10.1. The summed E-state index contributed by atoms with van der Waals surface area (Å²) in [6.45, 7) is 3.57. The predicted molar refractivity (Wildman–Crippen MR) is 79.0 cm³/mol.